The molecular formula is C14H23NO. The fourth-order valence-electron chi connectivity index (χ4n) is 2.04. The monoisotopic (exact) mass is 221 g/mol. The van der Waals surface area contributed by atoms with Crippen LogP contribution in [0.3, 0.4) is 0 Å². The van der Waals surface area contributed by atoms with Gasteiger partial charge in [-0.2, -0.15) is 0 Å². The summed E-state index contributed by atoms with van der Waals surface area (Å²) in [5.41, 5.74) is 7.51. The van der Waals surface area contributed by atoms with Crippen LogP contribution in [0, 0.1) is 5.41 Å². The van der Waals surface area contributed by atoms with E-state index in [-0.39, 0.29) is 5.41 Å². The zero-order valence-electron chi connectivity index (χ0n) is 10.6. The molecule has 0 atom stereocenters. The molecule has 0 saturated heterocycles. The standard InChI is InChI=1S/C14H23NO/c1-4-14(5-2,11-15)10-12-6-8-13(16-3)9-7-12/h6-9H,4-5,10-11,15H2,1-3H3. The van der Waals surface area contributed by atoms with E-state index in [0.29, 0.717) is 0 Å². The van der Waals surface area contributed by atoms with Gasteiger partial charge in [0.25, 0.3) is 0 Å². The molecular weight excluding hydrogens is 198 g/mol. The van der Waals surface area contributed by atoms with Crippen molar-refractivity contribution in [1.82, 2.24) is 0 Å². The quantitative estimate of drug-likeness (QED) is 0.801. The molecule has 2 nitrogen and oxygen atoms in total. The molecule has 0 aliphatic rings. The predicted octanol–water partition coefficient (Wildman–Crippen LogP) is 3.00. The second kappa shape index (κ2) is 5.90. The summed E-state index contributed by atoms with van der Waals surface area (Å²) in [6.45, 7) is 5.20. The Morgan fingerprint density at radius 2 is 1.69 bits per heavy atom. The van der Waals surface area contributed by atoms with Gasteiger partial charge in [0.05, 0.1) is 7.11 Å². The third-order valence-corrected chi connectivity index (χ3v) is 3.67. The molecule has 0 aliphatic carbocycles. The highest BCUT2D eigenvalue weighted by Crippen LogP contribution is 2.30. The molecule has 0 amide bonds. The SMILES string of the molecule is CCC(CC)(CN)Cc1ccc(OC)cc1. The van der Waals surface area contributed by atoms with Crippen molar-refractivity contribution >= 4 is 0 Å². The van der Waals surface area contributed by atoms with Gasteiger partial charge < -0.3 is 10.5 Å². The van der Waals surface area contributed by atoms with Gasteiger partial charge in [-0.3, -0.25) is 0 Å². The van der Waals surface area contributed by atoms with Crippen LogP contribution in [0.1, 0.15) is 32.3 Å². The largest absolute Gasteiger partial charge is 0.497 e. The molecule has 1 aromatic carbocycles. The smallest absolute Gasteiger partial charge is 0.118 e. The van der Waals surface area contributed by atoms with Gasteiger partial charge in [-0.05, 0) is 48.9 Å². The average Bonchev–Trinajstić information content (AvgIpc) is 2.37. The summed E-state index contributed by atoms with van der Waals surface area (Å²) in [7, 11) is 1.69. The van der Waals surface area contributed by atoms with Crippen LogP contribution in [0.4, 0.5) is 0 Å². The zero-order chi connectivity index (χ0) is 12.0. The number of rotatable bonds is 6. The van der Waals surface area contributed by atoms with Crippen LogP contribution < -0.4 is 10.5 Å². The van der Waals surface area contributed by atoms with Gasteiger partial charge in [0.15, 0.2) is 0 Å². The zero-order valence-corrected chi connectivity index (χ0v) is 10.6. The fourth-order valence-corrected chi connectivity index (χ4v) is 2.04. The van der Waals surface area contributed by atoms with Gasteiger partial charge in [-0.25, -0.2) is 0 Å². The Kier molecular flexibility index (Phi) is 4.81. The molecule has 0 radical (unpaired) electrons. The second-order valence-corrected chi connectivity index (χ2v) is 4.44. The predicted molar refractivity (Wildman–Crippen MR) is 68.8 cm³/mol. The van der Waals surface area contributed by atoms with Gasteiger partial charge in [0.2, 0.25) is 0 Å². The highest BCUT2D eigenvalue weighted by molar-refractivity contribution is 5.27. The Labute approximate surface area is 98.8 Å². The minimum atomic E-state index is 0.259. The Balaban J connectivity index is 2.77. The number of nitrogens with two attached hydrogens (primary N) is 1. The lowest BCUT2D eigenvalue weighted by Gasteiger charge is -2.30. The van der Waals surface area contributed by atoms with E-state index in [1.165, 1.54) is 5.56 Å². The van der Waals surface area contributed by atoms with Crippen LogP contribution in [-0.4, -0.2) is 13.7 Å². The van der Waals surface area contributed by atoms with Crippen molar-refractivity contribution in [2.45, 2.75) is 33.1 Å². The summed E-state index contributed by atoms with van der Waals surface area (Å²) in [5, 5.41) is 0. The maximum absolute atomic E-state index is 5.91. The summed E-state index contributed by atoms with van der Waals surface area (Å²) in [6.07, 6.45) is 3.32. The maximum atomic E-state index is 5.91. The van der Waals surface area contributed by atoms with E-state index in [4.69, 9.17) is 10.5 Å². The van der Waals surface area contributed by atoms with Crippen LogP contribution in [0.25, 0.3) is 0 Å². The molecule has 0 fully saturated rings. The topological polar surface area (TPSA) is 35.2 Å². The van der Waals surface area contributed by atoms with Crippen molar-refractivity contribution in [3.63, 3.8) is 0 Å². The Hall–Kier alpha value is -1.02. The first kappa shape index (κ1) is 13.0. The van der Waals surface area contributed by atoms with Crippen LogP contribution in [-0.2, 0) is 6.42 Å². The van der Waals surface area contributed by atoms with Crippen LogP contribution in [0.15, 0.2) is 24.3 Å². The maximum Gasteiger partial charge on any atom is 0.118 e. The van der Waals surface area contributed by atoms with Crippen molar-refractivity contribution in [2.75, 3.05) is 13.7 Å². The van der Waals surface area contributed by atoms with Gasteiger partial charge in [-0.1, -0.05) is 26.0 Å². The highest BCUT2D eigenvalue weighted by Gasteiger charge is 2.24. The first-order valence-corrected chi connectivity index (χ1v) is 6.02. The normalized spacial score (nSPS) is 11.5. The van der Waals surface area contributed by atoms with Crippen molar-refractivity contribution in [2.24, 2.45) is 11.1 Å². The highest BCUT2D eigenvalue weighted by atomic mass is 16.5. The number of hydrogen-bond acceptors (Lipinski definition) is 2. The molecule has 0 saturated carbocycles. The molecule has 0 bridgehead atoms. The van der Waals surface area contributed by atoms with Crippen LogP contribution in [0.2, 0.25) is 0 Å². The summed E-state index contributed by atoms with van der Waals surface area (Å²) >= 11 is 0. The molecule has 0 unspecified atom stereocenters. The van der Waals surface area contributed by atoms with Crippen LogP contribution in [0.5, 0.6) is 5.75 Å². The first-order valence-electron chi connectivity index (χ1n) is 6.02. The average molecular weight is 221 g/mol. The number of methoxy groups -OCH3 is 1. The molecule has 0 aliphatic heterocycles. The Morgan fingerprint density at radius 1 is 1.12 bits per heavy atom. The third kappa shape index (κ3) is 2.99. The van der Waals surface area contributed by atoms with Crippen LogP contribution >= 0.6 is 0 Å². The molecule has 0 spiro atoms. The molecule has 2 heteroatoms. The lowest BCUT2D eigenvalue weighted by Crippen LogP contribution is -2.31. The molecule has 1 aromatic rings. The number of benzene rings is 1. The summed E-state index contributed by atoms with van der Waals surface area (Å²) in [4.78, 5) is 0. The lowest BCUT2D eigenvalue weighted by molar-refractivity contribution is 0.271. The molecule has 90 valence electrons. The summed E-state index contributed by atoms with van der Waals surface area (Å²) < 4.78 is 5.15. The fraction of sp³-hybridized carbons (Fsp3) is 0.571. The lowest BCUT2D eigenvalue weighted by atomic mass is 9.77. The van der Waals surface area contributed by atoms with E-state index in [1.54, 1.807) is 7.11 Å². The first-order chi connectivity index (χ1) is 7.69. The van der Waals surface area contributed by atoms with Gasteiger partial charge in [0, 0.05) is 0 Å². The molecule has 0 aromatic heterocycles. The second-order valence-electron chi connectivity index (χ2n) is 4.44. The Bertz CT molecular complexity index is 293. The minimum absolute atomic E-state index is 0.259. The van der Waals surface area contributed by atoms with Gasteiger partial charge in [-0.15, -0.1) is 0 Å². The van der Waals surface area contributed by atoms with Crippen molar-refractivity contribution in [3.05, 3.63) is 29.8 Å². The molecule has 16 heavy (non-hydrogen) atoms. The summed E-state index contributed by atoms with van der Waals surface area (Å²) in [5.74, 6) is 0.912. The van der Waals surface area contributed by atoms with Crippen molar-refractivity contribution in [3.8, 4) is 5.75 Å². The van der Waals surface area contributed by atoms with E-state index < -0.39 is 0 Å². The van der Waals surface area contributed by atoms with Gasteiger partial charge in [0.1, 0.15) is 5.75 Å². The third-order valence-electron chi connectivity index (χ3n) is 3.67. The molecule has 1 rings (SSSR count). The minimum Gasteiger partial charge on any atom is -0.497 e. The van der Waals surface area contributed by atoms with Gasteiger partial charge >= 0.3 is 0 Å². The number of ether oxygens (including phenoxy) is 1. The van der Waals surface area contributed by atoms with E-state index >= 15 is 0 Å². The van der Waals surface area contributed by atoms with Crippen molar-refractivity contribution in [1.29, 1.82) is 0 Å². The molecule has 2 N–H and O–H groups in total. The number of hydrogen-bond donors (Lipinski definition) is 1. The Morgan fingerprint density at radius 3 is 2.06 bits per heavy atom. The van der Waals surface area contributed by atoms with Crippen molar-refractivity contribution < 1.29 is 4.74 Å². The summed E-state index contributed by atoms with van der Waals surface area (Å²) in [6, 6.07) is 8.30. The molecule has 0 heterocycles. The van der Waals surface area contributed by atoms with E-state index in [0.717, 1.165) is 31.6 Å². The van der Waals surface area contributed by atoms with E-state index in [1.807, 2.05) is 12.1 Å². The van der Waals surface area contributed by atoms with E-state index in [9.17, 15) is 0 Å². The van der Waals surface area contributed by atoms with E-state index in [2.05, 4.69) is 26.0 Å².